The highest BCUT2D eigenvalue weighted by atomic mass is 16.5. The summed E-state index contributed by atoms with van der Waals surface area (Å²) in [6.07, 6.45) is 0.512. The van der Waals surface area contributed by atoms with Gasteiger partial charge >= 0.3 is 0 Å². The fourth-order valence-electron chi connectivity index (χ4n) is 1.66. The molecule has 0 aliphatic rings. The molecule has 142 valence electrons. The van der Waals surface area contributed by atoms with Crippen LogP contribution in [0.3, 0.4) is 0 Å². The first-order chi connectivity index (χ1) is 11.5. The highest BCUT2D eigenvalue weighted by molar-refractivity contribution is 5.79. The zero-order valence-electron chi connectivity index (χ0n) is 13.8. The standard InChI is InChI=1S/C13H29N5O6/c14-3-6-24-10-13(7-19,8-22-4-1-11(15)17-20)9-23-5-2-12(16)18-21/h19-21H,1-10,14H2,(H2,15,17)(H2,16,18). The molecule has 0 heterocycles. The van der Waals surface area contributed by atoms with Gasteiger partial charge < -0.3 is 46.9 Å². The predicted octanol–water partition coefficient (Wildman–Crippen LogP) is -1.75. The molecule has 0 aromatic rings. The van der Waals surface area contributed by atoms with E-state index in [0.717, 1.165) is 0 Å². The van der Waals surface area contributed by atoms with Gasteiger partial charge in [-0.15, -0.1) is 0 Å². The Labute approximate surface area is 141 Å². The first kappa shape index (κ1) is 22.3. The van der Waals surface area contributed by atoms with E-state index in [9.17, 15) is 5.11 Å². The van der Waals surface area contributed by atoms with Gasteiger partial charge in [-0.3, -0.25) is 0 Å². The molecule has 0 amide bonds. The van der Waals surface area contributed by atoms with E-state index in [0.29, 0.717) is 13.2 Å². The molecule has 0 aromatic heterocycles. The van der Waals surface area contributed by atoms with E-state index in [4.69, 9.17) is 41.8 Å². The van der Waals surface area contributed by atoms with Gasteiger partial charge in [0.05, 0.1) is 51.7 Å². The summed E-state index contributed by atoms with van der Waals surface area (Å²) < 4.78 is 16.4. The van der Waals surface area contributed by atoms with E-state index in [2.05, 4.69) is 10.3 Å². The maximum atomic E-state index is 9.74. The number of hydrogen-bond acceptors (Lipinski definition) is 9. The normalized spacial score (nSPS) is 15.4. The Bertz CT molecular complexity index is 354. The Morgan fingerprint density at radius 2 is 1.25 bits per heavy atom. The Hall–Kier alpha value is -1.66. The Kier molecular flexibility index (Phi) is 12.8. The Balaban J connectivity index is 4.44. The summed E-state index contributed by atoms with van der Waals surface area (Å²) in [4.78, 5) is 0. The van der Waals surface area contributed by atoms with E-state index in [1.165, 1.54) is 0 Å². The molecule has 0 aliphatic heterocycles. The topological polar surface area (TPSA) is 191 Å². The molecule has 0 spiro atoms. The number of nitrogens with two attached hydrogens (primary N) is 3. The summed E-state index contributed by atoms with van der Waals surface area (Å²) in [7, 11) is 0. The van der Waals surface area contributed by atoms with Gasteiger partial charge in [0, 0.05) is 19.4 Å². The number of oxime groups is 2. The van der Waals surface area contributed by atoms with Gasteiger partial charge in [-0.2, -0.15) is 0 Å². The van der Waals surface area contributed by atoms with Gasteiger partial charge in [0.1, 0.15) is 11.7 Å². The van der Waals surface area contributed by atoms with Gasteiger partial charge in [-0.05, 0) is 0 Å². The second-order valence-electron chi connectivity index (χ2n) is 5.29. The van der Waals surface area contributed by atoms with Crippen molar-refractivity contribution in [3.63, 3.8) is 0 Å². The van der Waals surface area contributed by atoms with Crippen molar-refractivity contribution < 1.29 is 29.7 Å². The quantitative estimate of drug-likeness (QED) is 0.0652. The van der Waals surface area contributed by atoms with Crippen molar-refractivity contribution in [1.29, 1.82) is 0 Å². The fraction of sp³-hybridized carbons (Fsp3) is 0.846. The highest BCUT2D eigenvalue weighted by Crippen LogP contribution is 2.19. The maximum Gasteiger partial charge on any atom is 0.141 e. The van der Waals surface area contributed by atoms with Gasteiger partial charge in [0.25, 0.3) is 0 Å². The molecule has 9 N–H and O–H groups in total. The number of aliphatic hydroxyl groups is 1. The minimum absolute atomic E-state index is 0.0546. The van der Waals surface area contributed by atoms with Crippen molar-refractivity contribution in [1.82, 2.24) is 0 Å². The second kappa shape index (κ2) is 13.7. The Morgan fingerprint density at radius 1 is 0.833 bits per heavy atom. The predicted molar refractivity (Wildman–Crippen MR) is 87.1 cm³/mol. The zero-order valence-corrected chi connectivity index (χ0v) is 13.8. The first-order valence-corrected chi connectivity index (χ1v) is 7.50. The van der Waals surface area contributed by atoms with Crippen molar-refractivity contribution in [2.75, 3.05) is 52.8 Å². The number of nitrogens with zero attached hydrogens (tertiary/aromatic N) is 2. The van der Waals surface area contributed by atoms with Crippen LogP contribution in [-0.2, 0) is 14.2 Å². The van der Waals surface area contributed by atoms with Gasteiger partial charge in [0.15, 0.2) is 0 Å². The monoisotopic (exact) mass is 351 g/mol. The third kappa shape index (κ3) is 10.2. The molecule has 0 fully saturated rings. The lowest BCUT2D eigenvalue weighted by Crippen LogP contribution is -2.41. The molecule has 0 saturated heterocycles. The molecule has 1 unspecified atom stereocenters. The molecular weight excluding hydrogens is 322 g/mol. The molecular formula is C13H29N5O6. The number of hydrogen-bond donors (Lipinski definition) is 6. The number of ether oxygens (including phenoxy) is 3. The molecule has 11 heteroatoms. The molecule has 0 aromatic carbocycles. The van der Waals surface area contributed by atoms with Crippen LogP contribution >= 0.6 is 0 Å². The summed E-state index contributed by atoms with van der Waals surface area (Å²) in [6.45, 7) is 1.40. The molecule has 0 bridgehead atoms. The number of aliphatic hydroxyl groups excluding tert-OH is 1. The number of amidine groups is 2. The van der Waals surface area contributed by atoms with Crippen LogP contribution in [0.1, 0.15) is 12.8 Å². The third-order valence-corrected chi connectivity index (χ3v) is 3.08. The van der Waals surface area contributed by atoms with Gasteiger partial charge in [-0.1, -0.05) is 10.3 Å². The lowest BCUT2D eigenvalue weighted by Gasteiger charge is -2.31. The van der Waals surface area contributed by atoms with Crippen LogP contribution in [0, 0.1) is 5.41 Å². The van der Waals surface area contributed by atoms with Crippen LogP contribution in [0.5, 0.6) is 0 Å². The summed E-state index contributed by atoms with van der Waals surface area (Å²) in [5.74, 6) is 0.109. The second-order valence-corrected chi connectivity index (χ2v) is 5.29. The van der Waals surface area contributed by atoms with Gasteiger partial charge in [0.2, 0.25) is 0 Å². The maximum absolute atomic E-state index is 9.74. The molecule has 11 nitrogen and oxygen atoms in total. The van der Waals surface area contributed by atoms with Crippen molar-refractivity contribution >= 4 is 11.7 Å². The molecule has 0 aliphatic carbocycles. The molecule has 0 saturated carbocycles. The van der Waals surface area contributed by atoms with Crippen LogP contribution in [0.4, 0.5) is 0 Å². The molecule has 1 atom stereocenters. The summed E-state index contributed by atoms with van der Waals surface area (Å²) in [5.41, 5.74) is 15.3. The van der Waals surface area contributed by atoms with Crippen molar-refractivity contribution in [3.05, 3.63) is 0 Å². The van der Waals surface area contributed by atoms with Crippen LogP contribution in [0.25, 0.3) is 0 Å². The van der Waals surface area contributed by atoms with Gasteiger partial charge in [-0.25, -0.2) is 0 Å². The zero-order chi connectivity index (χ0) is 18.3. The molecule has 0 radical (unpaired) electrons. The van der Waals surface area contributed by atoms with Crippen LogP contribution < -0.4 is 17.2 Å². The minimum atomic E-state index is -0.786. The van der Waals surface area contributed by atoms with E-state index in [1.54, 1.807) is 0 Å². The first-order valence-electron chi connectivity index (χ1n) is 7.50. The van der Waals surface area contributed by atoms with E-state index >= 15 is 0 Å². The largest absolute Gasteiger partial charge is 0.409 e. The average Bonchev–Trinajstić information content (AvgIpc) is 2.61. The summed E-state index contributed by atoms with van der Waals surface area (Å²) >= 11 is 0. The summed E-state index contributed by atoms with van der Waals surface area (Å²) in [5, 5.41) is 32.4. The molecule has 0 rings (SSSR count). The SMILES string of the molecule is NCCOCC(CO)(COCC/C(N)=N/O)COCC/C(N)=N\O. The fourth-order valence-corrected chi connectivity index (χ4v) is 1.66. The summed E-state index contributed by atoms with van der Waals surface area (Å²) in [6, 6.07) is 0. The van der Waals surface area contributed by atoms with Crippen LogP contribution in [-0.4, -0.2) is 80.0 Å². The average molecular weight is 351 g/mol. The van der Waals surface area contributed by atoms with Crippen LogP contribution in [0.2, 0.25) is 0 Å². The van der Waals surface area contributed by atoms with Crippen molar-refractivity contribution in [2.24, 2.45) is 32.9 Å². The lowest BCUT2D eigenvalue weighted by atomic mass is 9.92. The highest BCUT2D eigenvalue weighted by Gasteiger charge is 2.31. The van der Waals surface area contributed by atoms with E-state index < -0.39 is 5.41 Å². The van der Waals surface area contributed by atoms with Crippen molar-refractivity contribution in [2.45, 2.75) is 12.8 Å². The minimum Gasteiger partial charge on any atom is -0.409 e. The van der Waals surface area contributed by atoms with Crippen LogP contribution in [0.15, 0.2) is 10.3 Å². The van der Waals surface area contributed by atoms with Crippen molar-refractivity contribution in [3.8, 4) is 0 Å². The smallest absolute Gasteiger partial charge is 0.141 e. The lowest BCUT2D eigenvalue weighted by molar-refractivity contribution is -0.0903. The van der Waals surface area contributed by atoms with E-state index in [-0.39, 0.29) is 64.2 Å². The third-order valence-electron chi connectivity index (χ3n) is 3.08. The molecule has 24 heavy (non-hydrogen) atoms. The number of rotatable bonds is 15. The van der Waals surface area contributed by atoms with E-state index in [1.807, 2.05) is 0 Å². The Morgan fingerprint density at radius 3 is 1.58 bits per heavy atom.